The lowest BCUT2D eigenvalue weighted by Gasteiger charge is -1.90. The Morgan fingerprint density at radius 1 is 1.88 bits per heavy atom. The Kier molecular flexibility index (Phi) is 1.26. The average Bonchev–Trinajstić information content (AvgIpc) is 2.12. The van der Waals surface area contributed by atoms with Gasteiger partial charge in [-0.3, -0.25) is 0 Å². The molecule has 0 spiro atoms. The second-order valence-corrected chi connectivity index (χ2v) is 1.47. The van der Waals surface area contributed by atoms with Gasteiger partial charge in [-0.2, -0.15) is 4.98 Å². The summed E-state index contributed by atoms with van der Waals surface area (Å²) in [7, 11) is 0. The Morgan fingerprint density at radius 3 is 2.88 bits per heavy atom. The fourth-order valence-electron chi connectivity index (χ4n) is 0.363. The van der Waals surface area contributed by atoms with E-state index >= 15 is 0 Å². The molecule has 1 heterocycles. The van der Waals surface area contributed by atoms with Gasteiger partial charge in [0.15, 0.2) is 5.82 Å². The molecule has 0 aliphatic rings. The predicted octanol–water partition coefficient (Wildman–Crippen LogP) is 0.123. The van der Waals surface area contributed by atoms with E-state index in [4.69, 9.17) is 5.11 Å². The van der Waals surface area contributed by atoms with E-state index in [-0.39, 0.29) is 0 Å². The van der Waals surface area contributed by atoms with Crippen LogP contribution in [0.3, 0.4) is 0 Å². The lowest BCUT2D eigenvalue weighted by atomic mass is 10.4. The molecular formula is C4H6N2O2. The van der Waals surface area contributed by atoms with E-state index in [2.05, 4.69) is 14.7 Å². The summed E-state index contributed by atoms with van der Waals surface area (Å²) >= 11 is 0. The summed E-state index contributed by atoms with van der Waals surface area (Å²) in [5.74, 6) is 0.324. The normalized spacial score (nSPS) is 13.8. The molecular weight excluding hydrogens is 108 g/mol. The second-order valence-electron chi connectivity index (χ2n) is 1.47. The number of aromatic nitrogens is 2. The van der Waals surface area contributed by atoms with Crippen LogP contribution in [0.1, 0.15) is 18.9 Å². The number of aliphatic hydroxyl groups is 1. The van der Waals surface area contributed by atoms with Crippen LogP contribution in [0.15, 0.2) is 10.9 Å². The minimum atomic E-state index is -0.631. The van der Waals surface area contributed by atoms with E-state index in [1.54, 1.807) is 6.92 Å². The van der Waals surface area contributed by atoms with Crippen molar-refractivity contribution in [3.8, 4) is 0 Å². The van der Waals surface area contributed by atoms with Crippen molar-refractivity contribution >= 4 is 0 Å². The summed E-state index contributed by atoms with van der Waals surface area (Å²) in [5.41, 5.74) is 0. The first-order chi connectivity index (χ1) is 3.80. The van der Waals surface area contributed by atoms with E-state index in [1.807, 2.05) is 0 Å². The highest BCUT2D eigenvalue weighted by atomic mass is 16.5. The molecule has 4 nitrogen and oxygen atoms in total. The van der Waals surface area contributed by atoms with Crippen molar-refractivity contribution in [3.05, 3.63) is 12.2 Å². The molecule has 0 fully saturated rings. The first-order valence-corrected chi connectivity index (χ1v) is 2.25. The van der Waals surface area contributed by atoms with Crippen molar-refractivity contribution in [1.29, 1.82) is 0 Å². The molecule has 0 bridgehead atoms. The van der Waals surface area contributed by atoms with Crippen LogP contribution < -0.4 is 0 Å². The number of aliphatic hydroxyl groups excluding tert-OH is 1. The molecule has 4 heteroatoms. The third kappa shape index (κ3) is 0.840. The smallest absolute Gasteiger partial charge is 0.213 e. The zero-order valence-corrected chi connectivity index (χ0v) is 4.40. The molecule has 0 aliphatic heterocycles. The first kappa shape index (κ1) is 5.24. The van der Waals surface area contributed by atoms with E-state index in [9.17, 15) is 0 Å². The molecule has 1 aromatic heterocycles. The summed E-state index contributed by atoms with van der Waals surface area (Å²) in [6.07, 6.45) is 0.552. The monoisotopic (exact) mass is 114 g/mol. The van der Waals surface area contributed by atoms with Crippen LogP contribution in [-0.4, -0.2) is 15.2 Å². The highest BCUT2D eigenvalue weighted by Gasteiger charge is 2.02. The van der Waals surface area contributed by atoms with Gasteiger partial charge < -0.3 is 9.63 Å². The lowest BCUT2D eigenvalue weighted by molar-refractivity contribution is 0.184. The number of hydrogen-bond donors (Lipinski definition) is 1. The SMILES string of the molecule is C[C@H](O)c1ncon1. The Bertz CT molecular complexity index is 147. The van der Waals surface area contributed by atoms with Crippen molar-refractivity contribution in [2.24, 2.45) is 0 Å². The number of hydrogen-bond acceptors (Lipinski definition) is 4. The molecule has 0 aromatic carbocycles. The van der Waals surface area contributed by atoms with Gasteiger partial charge in [0, 0.05) is 0 Å². The fourth-order valence-corrected chi connectivity index (χ4v) is 0.363. The minimum absolute atomic E-state index is 0.324. The van der Waals surface area contributed by atoms with Crippen LogP contribution in [0.4, 0.5) is 0 Å². The molecule has 1 rings (SSSR count). The third-order valence-electron chi connectivity index (χ3n) is 0.752. The molecule has 1 aromatic rings. The summed E-state index contributed by atoms with van der Waals surface area (Å²) in [6.45, 7) is 1.57. The fraction of sp³-hybridized carbons (Fsp3) is 0.500. The summed E-state index contributed by atoms with van der Waals surface area (Å²) < 4.78 is 4.35. The van der Waals surface area contributed by atoms with E-state index in [0.29, 0.717) is 5.82 Å². The van der Waals surface area contributed by atoms with Crippen LogP contribution in [0, 0.1) is 0 Å². The highest BCUT2D eigenvalue weighted by molar-refractivity contribution is 4.80. The van der Waals surface area contributed by atoms with Gasteiger partial charge in [0.05, 0.1) is 0 Å². The standard InChI is InChI=1S/C4H6N2O2/c1-3(7)4-5-2-8-6-4/h2-3,7H,1H3/t3-/m0/s1. The molecule has 8 heavy (non-hydrogen) atoms. The van der Waals surface area contributed by atoms with Crippen LogP contribution in [0.5, 0.6) is 0 Å². The maximum Gasteiger partial charge on any atom is 0.213 e. The van der Waals surface area contributed by atoms with Gasteiger partial charge in [0.25, 0.3) is 0 Å². The highest BCUT2D eigenvalue weighted by Crippen LogP contribution is 2.01. The predicted molar refractivity (Wildman–Crippen MR) is 24.9 cm³/mol. The van der Waals surface area contributed by atoms with E-state index in [1.165, 1.54) is 6.39 Å². The summed E-state index contributed by atoms with van der Waals surface area (Å²) in [5, 5.41) is 12.1. The third-order valence-corrected chi connectivity index (χ3v) is 0.752. The Hall–Kier alpha value is -0.900. The quantitative estimate of drug-likeness (QED) is 0.563. The number of rotatable bonds is 1. The second kappa shape index (κ2) is 1.92. The van der Waals surface area contributed by atoms with Gasteiger partial charge in [-0.15, -0.1) is 0 Å². The van der Waals surface area contributed by atoms with Crippen LogP contribution in [-0.2, 0) is 0 Å². The molecule has 1 N–H and O–H groups in total. The van der Waals surface area contributed by atoms with Gasteiger partial charge in [-0.1, -0.05) is 5.16 Å². The van der Waals surface area contributed by atoms with Gasteiger partial charge in [0.2, 0.25) is 6.39 Å². The molecule has 0 radical (unpaired) electrons. The van der Waals surface area contributed by atoms with Crippen molar-refractivity contribution in [1.82, 2.24) is 10.1 Å². The Balaban J connectivity index is 2.77. The maximum absolute atomic E-state index is 8.73. The molecule has 44 valence electrons. The van der Waals surface area contributed by atoms with E-state index in [0.717, 1.165) is 0 Å². The molecule has 0 saturated carbocycles. The molecule has 0 saturated heterocycles. The van der Waals surface area contributed by atoms with Crippen LogP contribution in [0.25, 0.3) is 0 Å². The van der Waals surface area contributed by atoms with Crippen LogP contribution in [0.2, 0.25) is 0 Å². The van der Waals surface area contributed by atoms with Crippen molar-refractivity contribution in [2.45, 2.75) is 13.0 Å². The topological polar surface area (TPSA) is 59.2 Å². The maximum atomic E-state index is 8.73. The van der Waals surface area contributed by atoms with Crippen molar-refractivity contribution < 1.29 is 9.63 Å². The molecule has 1 atom stereocenters. The average molecular weight is 114 g/mol. The summed E-state index contributed by atoms with van der Waals surface area (Å²) in [6, 6.07) is 0. The first-order valence-electron chi connectivity index (χ1n) is 2.25. The van der Waals surface area contributed by atoms with Gasteiger partial charge in [-0.05, 0) is 6.92 Å². The minimum Gasteiger partial charge on any atom is -0.385 e. The molecule has 0 aliphatic carbocycles. The lowest BCUT2D eigenvalue weighted by Crippen LogP contribution is -1.91. The molecule has 0 unspecified atom stereocenters. The number of nitrogens with zero attached hydrogens (tertiary/aromatic N) is 2. The van der Waals surface area contributed by atoms with Gasteiger partial charge >= 0.3 is 0 Å². The van der Waals surface area contributed by atoms with Gasteiger partial charge in [0.1, 0.15) is 6.10 Å². The van der Waals surface area contributed by atoms with Crippen molar-refractivity contribution in [2.75, 3.05) is 0 Å². The molecule has 0 amide bonds. The van der Waals surface area contributed by atoms with Gasteiger partial charge in [-0.25, -0.2) is 0 Å². The zero-order chi connectivity index (χ0) is 5.98. The summed E-state index contributed by atoms with van der Waals surface area (Å²) in [4.78, 5) is 3.59. The largest absolute Gasteiger partial charge is 0.385 e. The Morgan fingerprint density at radius 2 is 2.62 bits per heavy atom. The van der Waals surface area contributed by atoms with E-state index < -0.39 is 6.10 Å². The van der Waals surface area contributed by atoms with Crippen molar-refractivity contribution in [3.63, 3.8) is 0 Å². The van der Waals surface area contributed by atoms with Crippen LogP contribution >= 0.6 is 0 Å². The zero-order valence-electron chi connectivity index (χ0n) is 4.40. The Labute approximate surface area is 46.1 Å².